The summed E-state index contributed by atoms with van der Waals surface area (Å²) in [5.41, 5.74) is 4.46. The zero-order valence-electron chi connectivity index (χ0n) is 19.5. The Balaban J connectivity index is 1.46. The number of aromatic nitrogens is 3. The minimum atomic E-state index is -0.233. The molecule has 174 valence electrons. The summed E-state index contributed by atoms with van der Waals surface area (Å²) >= 11 is 0. The Kier molecular flexibility index (Phi) is 5.75. The average molecular weight is 459 g/mol. The van der Waals surface area contributed by atoms with Gasteiger partial charge in [-0.25, -0.2) is 9.37 Å². The second-order valence-corrected chi connectivity index (χ2v) is 8.74. The maximum atomic E-state index is 14.8. The van der Waals surface area contributed by atoms with E-state index in [4.69, 9.17) is 0 Å². The highest BCUT2D eigenvalue weighted by atomic mass is 19.1. The van der Waals surface area contributed by atoms with Gasteiger partial charge in [-0.3, -0.25) is 9.48 Å². The van der Waals surface area contributed by atoms with Crippen molar-refractivity contribution < 1.29 is 9.18 Å². The number of halogens is 1. The lowest BCUT2D eigenvalue weighted by Crippen LogP contribution is -2.29. The first-order valence-corrected chi connectivity index (χ1v) is 11.3. The van der Waals surface area contributed by atoms with Crippen LogP contribution < -0.4 is 10.6 Å². The first-order chi connectivity index (χ1) is 16.4. The monoisotopic (exact) mass is 458 g/mol. The molecule has 4 aromatic rings. The Morgan fingerprint density at radius 1 is 1.09 bits per heavy atom. The number of hydrogen-bond acceptors (Lipinski definition) is 5. The fraction of sp³-hybridized carbons (Fsp3) is 0.269. The van der Waals surface area contributed by atoms with Crippen molar-refractivity contribution in [3.8, 4) is 11.1 Å². The zero-order chi connectivity index (χ0) is 23.8. The minimum absolute atomic E-state index is 0.0473. The van der Waals surface area contributed by atoms with Crippen LogP contribution in [0, 0.1) is 12.7 Å². The molecular formula is C26H27FN6O. The number of likely N-dealkylation sites (N-methyl/N-ethyl adjacent to an activating group) is 1. The summed E-state index contributed by atoms with van der Waals surface area (Å²) in [6.07, 6.45) is 2.55. The molecule has 1 amide bonds. The highest BCUT2D eigenvalue weighted by Crippen LogP contribution is 2.32. The fourth-order valence-electron chi connectivity index (χ4n) is 4.46. The van der Waals surface area contributed by atoms with Crippen LogP contribution >= 0.6 is 0 Å². The Bertz CT molecular complexity index is 1400. The summed E-state index contributed by atoms with van der Waals surface area (Å²) in [5.74, 6) is 1.11. The third-order valence-corrected chi connectivity index (χ3v) is 6.44. The Hall–Kier alpha value is -3.78. The van der Waals surface area contributed by atoms with Gasteiger partial charge in [0.05, 0.1) is 0 Å². The van der Waals surface area contributed by atoms with Gasteiger partial charge in [-0.05, 0) is 54.2 Å². The van der Waals surface area contributed by atoms with E-state index in [1.165, 1.54) is 6.07 Å². The lowest BCUT2D eigenvalue weighted by atomic mass is 9.94. The molecule has 0 unspecified atom stereocenters. The lowest BCUT2D eigenvalue weighted by molar-refractivity contribution is -0.130. The number of benzene rings is 2. The summed E-state index contributed by atoms with van der Waals surface area (Å²) in [7, 11) is 3.69. The number of amides is 1. The molecule has 0 radical (unpaired) electrons. The summed E-state index contributed by atoms with van der Waals surface area (Å²) in [6, 6.07) is 13.2. The summed E-state index contributed by atoms with van der Waals surface area (Å²) in [5, 5.41) is 12.9. The summed E-state index contributed by atoms with van der Waals surface area (Å²) in [6.45, 7) is 3.55. The van der Waals surface area contributed by atoms with Gasteiger partial charge in [-0.15, -0.1) is 0 Å². The Morgan fingerprint density at radius 3 is 2.76 bits per heavy atom. The van der Waals surface area contributed by atoms with E-state index in [1.54, 1.807) is 15.8 Å². The van der Waals surface area contributed by atoms with Crippen LogP contribution in [0.4, 0.5) is 16.0 Å². The maximum Gasteiger partial charge on any atom is 0.244 e. The molecule has 2 N–H and O–H groups in total. The van der Waals surface area contributed by atoms with Crippen LogP contribution in [0.15, 0.2) is 48.7 Å². The maximum absolute atomic E-state index is 14.8. The molecule has 0 saturated carbocycles. The van der Waals surface area contributed by atoms with Crippen LogP contribution in [0.5, 0.6) is 0 Å². The third-order valence-electron chi connectivity index (χ3n) is 6.44. The van der Waals surface area contributed by atoms with E-state index in [1.807, 2.05) is 57.4 Å². The summed E-state index contributed by atoms with van der Waals surface area (Å²) in [4.78, 5) is 18.4. The largest absolute Gasteiger partial charge is 0.344 e. The van der Waals surface area contributed by atoms with Gasteiger partial charge in [-0.2, -0.15) is 5.10 Å². The van der Waals surface area contributed by atoms with Crippen molar-refractivity contribution in [3.05, 3.63) is 71.3 Å². The van der Waals surface area contributed by atoms with E-state index in [0.717, 1.165) is 39.6 Å². The predicted octanol–water partition coefficient (Wildman–Crippen LogP) is 4.02. The summed E-state index contributed by atoms with van der Waals surface area (Å²) < 4.78 is 16.6. The second kappa shape index (κ2) is 8.87. The molecule has 0 atom stereocenters. The van der Waals surface area contributed by atoms with Crippen LogP contribution in [0.2, 0.25) is 0 Å². The van der Waals surface area contributed by atoms with Gasteiger partial charge in [0.2, 0.25) is 5.91 Å². The molecule has 0 saturated heterocycles. The van der Waals surface area contributed by atoms with Crippen LogP contribution in [0.1, 0.15) is 16.8 Å². The van der Waals surface area contributed by atoms with E-state index >= 15 is 0 Å². The molecule has 7 nitrogen and oxygen atoms in total. The topological polar surface area (TPSA) is 75.1 Å². The van der Waals surface area contributed by atoms with Gasteiger partial charge in [0.1, 0.15) is 18.2 Å². The fourth-order valence-corrected chi connectivity index (χ4v) is 4.46. The molecule has 5 rings (SSSR count). The number of carbonyl (C=O) groups is 1. The van der Waals surface area contributed by atoms with Crippen molar-refractivity contribution in [2.75, 3.05) is 26.0 Å². The molecule has 1 aliphatic heterocycles. The molecule has 2 aromatic carbocycles. The van der Waals surface area contributed by atoms with Crippen LogP contribution in [-0.2, 0) is 24.3 Å². The Labute approximate surface area is 197 Å². The molecule has 2 aromatic heterocycles. The molecule has 0 fully saturated rings. The molecular weight excluding hydrogens is 431 g/mol. The van der Waals surface area contributed by atoms with Crippen LogP contribution in [0.25, 0.3) is 21.9 Å². The Morgan fingerprint density at radius 2 is 1.94 bits per heavy atom. The van der Waals surface area contributed by atoms with Crippen molar-refractivity contribution in [3.63, 3.8) is 0 Å². The normalized spacial score (nSPS) is 13.8. The van der Waals surface area contributed by atoms with Crippen LogP contribution in [-0.4, -0.2) is 46.2 Å². The molecule has 0 bridgehead atoms. The van der Waals surface area contributed by atoms with Crippen LogP contribution in [0.3, 0.4) is 0 Å². The number of pyridine rings is 1. The number of nitrogens with zero attached hydrogens (tertiary/aromatic N) is 4. The SMILES string of the molecule is CNCc1ccc(F)c(-c2ccc3cnc(Nc4cc5n(n4)CC(=O)N(C)CC5)cc3c2)c1C. The van der Waals surface area contributed by atoms with E-state index in [9.17, 15) is 9.18 Å². The minimum Gasteiger partial charge on any atom is -0.344 e. The van der Waals surface area contributed by atoms with Gasteiger partial charge >= 0.3 is 0 Å². The van der Waals surface area contributed by atoms with E-state index in [0.29, 0.717) is 30.3 Å². The third kappa shape index (κ3) is 4.12. The van der Waals surface area contributed by atoms with Gasteiger partial charge in [0.15, 0.2) is 5.82 Å². The first kappa shape index (κ1) is 22.0. The number of hydrogen-bond donors (Lipinski definition) is 2. The number of rotatable bonds is 5. The van der Waals surface area contributed by atoms with Gasteiger partial charge in [0.25, 0.3) is 0 Å². The molecule has 1 aliphatic rings. The number of fused-ring (bicyclic) bond motifs is 2. The van der Waals surface area contributed by atoms with Crippen molar-refractivity contribution in [1.29, 1.82) is 0 Å². The van der Waals surface area contributed by atoms with E-state index in [2.05, 4.69) is 20.7 Å². The van der Waals surface area contributed by atoms with Gasteiger partial charge in [-0.1, -0.05) is 18.2 Å². The van der Waals surface area contributed by atoms with Crippen molar-refractivity contribution in [2.24, 2.45) is 0 Å². The number of nitrogens with one attached hydrogen (secondary N) is 2. The molecule has 3 heterocycles. The molecule has 0 spiro atoms. The smallest absolute Gasteiger partial charge is 0.244 e. The number of carbonyl (C=O) groups excluding carboxylic acids is 1. The van der Waals surface area contributed by atoms with Gasteiger partial charge < -0.3 is 15.5 Å². The zero-order valence-corrected chi connectivity index (χ0v) is 19.5. The van der Waals surface area contributed by atoms with Gasteiger partial charge in [0, 0.05) is 55.5 Å². The van der Waals surface area contributed by atoms with E-state index < -0.39 is 0 Å². The standard InChI is InChI=1S/C26H27FN6O/c1-16-18(13-28-2)6-7-22(27)26(16)17-4-5-19-14-29-23(11-20(19)10-17)30-24-12-21-8-9-32(3)25(34)15-33(21)31-24/h4-7,10-12,14,28H,8-9,13,15H2,1-3H3,(H,29,30,31). The van der Waals surface area contributed by atoms with Crippen molar-refractivity contribution in [2.45, 2.75) is 26.4 Å². The lowest BCUT2D eigenvalue weighted by Gasteiger charge is -2.14. The second-order valence-electron chi connectivity index (χ2n) is 8.74. The average Bonchev–Trinajstić information content (AvgIpc) is 3.14. The quantitative estimate of drug-likeness (QED) is 0.473. The number of anilines is 2. The molecule has 0 aliphatic carbocycles. The molecule has 34 heavy (non-hydrogen) atoms. The highest BCUT2D eigenvalue weighted by Gasteiger charge is 2.19. The van der Waals surface area contributed by atoms with E-state index in [-0.39, 0.29) is 18.3 Å². The van der Waals surface area contributed by atoms with Crippen molar-refractivity contribution in [1.82, 2.24) is 25.0 Å². The molecule has 8 heteroatoms. The van der Waals surface area contributed by atoms with Crippen molar-refractivity contribution >= 4 is 28.3 Å². The predicted molar refractivity (Wildman–Crippen MR) is 131 cm³/mol. The highest BCUT2D eigenvalue weighted by molar-refractivity contribution is 5.89. The first-order valence-electron chi connectivity index (χ1n) is 11.3.